The van der Waals surface area contributed by atoms with E-state index in [2.05, 4.69) is 5.32 Å². The number of benzene rings is 1. The van der Waals surface area contributed by atoms with Gasteiger partial charge in [-0.15, -0.1) is 0 Å². The highest BCUT2D eigenvalue weighted by molar-refractivity contribution is 6.34. The monoisotopic (exact) mass is 274 g/mol. The van der Waals surface area contributed by atoms with Gasteiger partial charge in [0.25, 0.3) is 0 Å². The van der Waals surface area contributed by atoms with Crippen LogP contribution < -0.4 is 11.1 Å². The van der Waals surface area contributed by atoms with Gasteiger partial charge >= 0.3 is 0 Å². The Labute approximate surface area is 111 Å². The summed E-state index contributed by atoms with van der Waals surface area (Å²) >= 11 is 11.7. The van der Waals surface area contributed by atoms with Crippen molar-refractivity contribution in [3.8, 4) is 0 Å². The second kappa shape index (κ2) is 6.84. The number of rotatable bonds is 5. The van der Waals surface area contributed by atoms with E-state index in [1.807, 2.05) is 12.1 Å². The minimum Gasteiger partial charge on any atom is -0.356 e. The molecule has 1 unspecified atom stereocenters. The van der Waals surface area contributed by atoms with E-state index in [1.54, 1.807) is 13.0 Å². The third kappa shape index (κ3) is 5.91. The first-order chi connectivity index (χ1) is 7.97. The number of nitrogens with one attached hydrogen (secondary N) is 1. The molecular formula is C12H16Cl2N2O. The van der Waals surface area contributed by atoms with Gasteiger partial charge in [-0.1, -0.05) is 23.2 Å². The van der Waals surface area contributed by atoms with Crippen molar-refractivity contribution >= 4 is 29.1 Å². The fourth-order valence-electron chi connectivity index (χ4n) is 1.47. The minimum atomic E-state index is -0.115. The van der Waals surface area contributed by atoms with E-state index in [9.17, 15) is 4.79 Å². The Balaban J connectivity index is 2.38. The Hall–Kier alpha value is -0.770. The molecule has 0 saturated carbocycles. The number of amides is 1. The van der Waals surface area contributed by atoms with Crippen molar-refractivity contribution in [3.05, 3.63) is 33.8 Å². The zero-order valence-electron chi connectivity index (χ0n) is 9.67. The summed E-state index contributed by atoms with van der Waals surface area (Å²) in [5.74, 6) is -0.0341. The molecule has 0 radical (unpaired) electrons. The van der Waals surface area contributed by atoms with Crippen LogP contribution in [0.1, 0.15) is 18.9 Å². The summed E-state index contributed by atoms with van der Waals surface area (Å²) in [4.78, 5) is 11.3. The number of carbonyl (C=O) groups excluding carboxylic acids is 1. The van der Waals surface area contributed by atoms with Crippen molar-refractivity contribution in [3.63, 3.8) is 0 Å². The molecule has 1 amide bonds. The molecule has 0 fully saturated rings. The van der Waals surface area contributed by atoms with Crippen molar-refractivity contribution in [2.24, 2.45) is 5.73 Å². The van der Waals surface area contributed by atoms with Crippen molar-refractivity contribution in [2.75, 3.05) is 6.54 Å². The van der Waals surface area contributed by atoms with E-state index in [0.717, 1.165) is 5.56 Å². The van der Waals surface area contributed by atoms with Crippen LogP contribution in [0.5, 0.6) is 0 Å². The quantitative estimate of drug-likeness (QED) is 0.866. The summed E-state index contributed by atoms with van der Waals surface area (Å²) in [5, 5.41) is 4.01. The predicted molar refractivity (Wildman–Crippen MR) is 71.4 cm³/mol. The largest absolute Gasteiger partial charge is 0.356 e. The number of carbonyl (C=O) groups is 1. The van der Waals surface area contributed by atoms with E-state index >= 15 is 0 Å². The molecule has 0 spiro atoms. The fourth-order valence-corrected chi connectivity index (χ4v) is 2.04. The van der Waals surface area contributed by atoms with E-state index in [0.29, 0.717) is 29.4 Å². The topological polar surface area (TPSA) is 55.1 Å². The molecule has 0 aliphatic rings. The van der Waals surface area contributed by atoms with Crippen LogP contribution in [0.15, 0.2) is 18.2 Å². The molecule has 0 heterocycles. The molecule has 1 aromatic rings. The number of nitrogens with two attached hydrogens (primary N) is 1. The summed E-state index contributed by atoms with van der Waals surface area (Å²) < 4.78 is 0. The maximum absolute atomic E-state index is 11.3. The maximum Gasteiger partial charge on any atom is 0.221 e. The normalized spacial score (nSPS) is 12.2. The molecule has 1 aromatic carbocycles. The van der Waals surface area contributed by atoms with Crippen molar-refractivity contribution in [2.45, 2.75) is 25.8 Å². The lowest BCUT2D eigenvalue weighted by Crippen LogP contribution is -2.31. The van der Waals surface area contributed by atoms with Crippen LogP contribution in [0.4, 0.5) is 0 Å². The molecule has 17 heavy (non-hydrogen) atoms. The molecular weight excluding hydrogens is 259 g/mol. The van der Waals surface area contributed by atoms with Gasteiger partial charge in [0, 0.05) is 29.1 Å². The van der Waals surface area contributed by atoms with Crippen LogP contribution in [-0.4, -0.2) is 18.5 Å². The standard InChI is InChI=1S/C12H16Cl2N2O/c1-8(15)4-12(17)16-3-2-9-5-10(13)7-11(14)6-9/h5-8H,2-4,15H2,1H3,(H,16,17). The van der Waals surface area contributed by atoms with Gasteiger partial charge in [-0.3, -0.25) is 4.79 Å². The van der Waals surface area contributed by atoms with Crippen molar-refractivity contribution in [1.29, 1.82) is 0 Å². The fraction of sp³-hybridized carbons (Fsp3) is 0.417. The third-order valence-electron chi connectivity index (χ3n) is 2.17. The second-order valence-corrected chi connectivity index (χ2v) is 4.93. The summed E-state index contributed by atoms with van der Waals surface area (Å²) in [6.45, 7) is 2.36. The Bertz CT molecular complexity index is 374. The Morgan fingerprint density at radius 2 is 1.94 bits per heavy atom. The van der Waals surface area contributed by atoms with Gasteiger partial charge < -0.3 is 11.1 Å². The summed E-state index contributed by atoms with van der Waals surface area (Å²) in [6.07, 6.45) is 1.04. The molecule has 1 rings (SSSR count). The van der Waals surface area contributed by atoms with Crippen LogP contribution in [0.3, 0.4) is 0 Å². The lowest BCUT2D eigenvalue weighted by Gasteiger charge is -2.07. The smallest absolute Gasteiger partial charge is 0.221 e. The average Bonchev–Trinajstić information content (AvgIpc) is 2.14. The van der Waals surface area contributed by atoms with Crippen molar-refractivity contribution < 1.29 is 4.79 Å². The predicted octanol–water partition coefficient (Wildman–Crippen LogP) is 2.39. The van der Waals surface area contributed by atoms with E-state index < -0.39 is 0 Å². The first kappa shape index (κ1) is 14.3. The summed E-state index contributed by atoms with van der Waals surface area (Å²) in [6, 6.07) is 5.24. The van der Waals surface area contributed by atoms with Crippen LogP contribution in [0.25, 0.3) is 0 Å². The Morgan fingerprint density at radius 3 is 2.47 bits per heavy atom. The highest BCUT2D eigenvalue weighted by Gasteiger charge is 2.04. The van der Waals surface area contributed by atoms with Crippen LogP contribution in [-0.2, 0) is 11.2 Å². The number of hydrogen-bond donors (Lipinski definition) is 2. The summed E-state index contributed by atoms with van der Waals surface area (Å²) in [5.41, 5.74) is 6.52. The molecule has 1 atom stereocenters. The van der Waals surface area contributed by atoms with E-state index in [1.165, 1.54) is 0 Å². The highest BCUT2D eigenvalue weighted by Crippen LogP contribution is 2.19. The molecule has 3 nitrogen and oxygen atoms in total. The summed E-state index contributed by atoms with van der Waals surface area (Å²) in [7, 11) is 0. The Morgan fingerprint density at radius 1 is 1.35 bits per heavy atom. The average molecular weight is 275 g/mol. The molecule has 0 saturated heterocycles. The first-order valence-electron chi connectivity index (χ1n) is 5.44. The van der Waals surface area contributed by atoms with Gasteiger partial charge in [0.05, 0.1) is 0 Å². The van der Waals surface area contributed by atoms with Gasteiger partial charge in [-0.25, -0.2) is 0 Å². The molecule has 0 aliphatic heterocycles. The molecule has 0 aliphatic carbocycles. The first-order valence-corrected chi connectivity index (χ1v) is 6.20. The molecule has 5 heteroatoms. The Kier molecular flexibility index (Phi) is 5.75. The SMILES string of the molecule is CC(N)CC(=O)NCCc1cc(Cl)cc(Cl)c1. The van der Waals surface area contributed by atoms with Gasteiger partial charge in [-0.05, 0) is 37.1 Å². The lowest BCUT2D eigenvalue weighted by atomic mass is 10.1. The second-order valence-electron chi connectivity index (χ2n) is 4.06. The number of halogens is 2. The minimum absolute atomic E-state index is 0.0341. The lowest BCUT2D eigenvalue weighted by molar-refractivity contribution is -0.121. The van der Waals surface area contributed by atoms with Gasteiger partial charge in [0.1, 0.15) is 0 Å². The van der Waals surface area contributed by atoms with E-state index in [-0.39, 0.29) is 11.9 Å². The third-order valence-corrected chi connectivity index (χ3v) is 2.60. The molecule has 3 N–H and O–H groups in total. The molecule has 0 aromatic heterocycles. The zero-order valence-corrected chi connectivity index (χ0v) is 11.2. The van der Waals surface area contributed by atoms with Crippen LogP contribution >= 0.6 is 23.2 Å². The van der Waals surface area contributed by atoms with Gasteiger partial charge in [0.2, 0.25) is 5.91 Å². The molecule has 0 bridgehead atoms. The maximum atomic E-state index is 11.3. The number of hydrogen-bond acceptors (Lipinski definition) is 2. The molecule has 94 valence electrons. The van der Waals surface area contributed by atoms with Gasteiger partial charge in [-0.2, -0.15) is 0 Å². The van der Waals surface area contributed by atoms with Crippen molar-refractivity contribution in [1.82, 2.24) is 5.32 Å². The van der Waals surface area contributed by atoms with Gasteiger partial charge in [0.15, 0.2) is 0 Å². The highest BCUT2D eigenvalue weighted by atomic mass is 35.5. The zero-order chi connectivity index (χ0) is 12.8. The van der Waals surface area contributed by atoms with E-state index in [4.69, 9.17) is 28.9 Å². The van der Waals surface area contributed by atoms with Crippen LogP contribution in [0, 0.1) is 0 Å². The van der Waals surface area contributed by atoms with Crippen LogP contribution in [0.2, 0.25) is 10.0 Å².